The van der Waals surface area contributed by atoms with E-state index in [4.69, 9.17) is 11.5 Å². The largest absolute Gasteiger partial charge is 0.382 e. The van der Waals surface area contributed by atoms with E-state index in [0.29, 0.717) is 11.6 Å². The Morgan fingerprint density at radius 2 is 1.71 bits per heavy atom. The van der Waals surface area contributed by atoms with Gasteiger partial charge in [0.25, 0.3) is 0 Å². The number of aromatic nitrogens is 3. The second kappa shape index (κ2) is 3.29. The summed E-state index contributed by atoms with van der Waals surface area (Å²) >= 11 is 0. The topological polar surface area (TPSA) is 90.7 Å². The summed E-state index contributed by atoms with van der Waals surface area (Å²) in [6.45, 7) is 0. The molecule has 0 radical (unpaired) electrons. The van der Waals surface area contributed by atoms with E-state index in [-0.39, 0.29) is 0 Å². The van der Waals surface area contributed by atoms with Crippen molar-refractivity contribution in [1.82, 2.24) is 15.2 Å². The van der Waals surface area contributed by atoms with Crippen LogP contribution in [-0.4, -0.2) is 15.2 Å². The van der Waals surface area contributed by atoms with Crippen molar-refractivity contribution in [2.45, 2.75) is 0 Å². The minimum absolute atomic E-state index is 0.353. The molecule has 2 rings (SSSR count). The summed E-state index contributed by atoms with van der Waals surface area (Å²) < 4.78 is 0. The maximum Gasteiger partial charge on any atom is 0.154 e. The molecule has 0 saturated heterocycles. The number of nitrogens with two attached hydrogens (primary N) is 2. The van der Waals surface area contributed by atoms with Gasteiger partial charge in [-0.15, -0.1) is 10.2 Å². The van der Waals surface area contributed by atoms with E-state index in [9.17, 15) is 0 Å². The fourth-order valence-electron chi connectivity index (χ4n) is 1.18. The number of rotatable bonds is 1. The first-order valence-electron chi connectivity index (χ1n) is 4.06. The molecule has 0 aromatic carbocycles. The van der Waals surface area contributed by atoms with E-state index in [1.54, 1.807) is 18.5 Å². The Bertz CT molecular complexity index is 440. The van der Waals surface area contributed by atoms with Crippen LogP contribution in [0.2, 0.25) is 0 Å². The second-order valence-corrected chi connectivity index (χ2v) is 2.80. The van der Waals surface area contributed by atoms with Crippen LogP contribution < -0.4 is 11.5 Å². The molecule has 0 aliphatic carbocycles. The Kier molecular flexibility index (Phi) is 1.98. The first kappa shape index (κ1) is 8.43. The molecule has 0 unspecified atom stereocenters. The van der Waals surface area contributed by atoms with Crippen molar-refractivity contribution in [3.8, 4) is 11.1 Å². The molecule has 0 aliphatic heterocycles. The lowest BCUT2D eigenvalue weighted by molar-refractivity contribution is 1.05. The van der Waals surface area contributed by atoms with Gasteiger partial charge in [-0.3, -0.25) is 4.98 Å². The van der Waals surface area contributed by atoms with Gasteiger partial charge in [0.05, 0.1) is 0 Å². The van der Waals surface area contributed by atoms with Crippen molar-refractivity contribution in [3.63, 3.8) is 0 Å². The lowest BCUT2D eigenvalue weighted by atomic mass is 10.1. The lowest BCUT2D eigenvalue weighted by Crippen LogP contribution is -2.00. The van der Waals surface area contributed by atoms with E-state index in [1.165, 1.54) is 0 Å². The summed E-state index contributed by atoms with van der Waals surface area (Å²) in [4.78, 5) is 3.91. The molecule has 2 aromatic rings. The molecule has 14 heavy (non-hydrogen) atoms. The van der Waals surface area contributed by atoms with Gasteiger partial charge < -0.3 is 11.5 Å². The van der Waals surface area contributed by atoms with Crippen molar-refractivity contribution in [1.29, 1.82) is 0 Å². The Morgan fingerprint density at radius 1 is 1.00 bits per heavy atom. The summed E-state index contributed by atoms with van der Waals surface area (Å²) in [6, 6.07) is 5.37. The van der Waals surface area contributed by atoms with Crippen molar-refractivity contribution in [2.75, 3.05) is 11.5 Å². The molecule has 0 amide bonds. The number of nitrogen functional groups attached to an aromatic ring is 2. The van der Waals surface area contributed by atoms with Crippen molar-refractivity contribution >= 4 is 11.6 Å². The van der Waals surface area contributed by atoms with E-state index >= 15 is 0 Å². The van der Waals surface area contributed by atoms with Crippen LogP contribution in [0.15, 0.2) is 30.6 Å². The van der Waals surface area contributed by atoms with Crippen LogP contribution in [0.5, 0.6) is 0 Å². The third kappa shape index (κ3) is 1.47. The zero-order valence-corrected chi connectivity index (χ0v) is 7.38. The highest BCUT2D eigenvalue weighted by Crippen LogP contribution is 2.23. The number of pyridine rings is 1. The molecular weight excluding hydrogens is 178 g/mol. The highest BCUT2D eigenvalue weighted by Gasteiger charge is 2.04. The second-order valence-electron chi connectivity index (χ2n) is 2.80. The Balaban J connectivity index is 2.57. The van der Waals surface area contributed by atoms with Gasteiger partial charge in [0.1, 0.15) is 5.82 Å². The summed E-state index contributed by atoms with van der Waals surface area (Å²) in [7, 11) is 0. The highest BCUT2D eigenvalue weighted by molar-refractivity contribution is 5.74. The third-order valence-electron chi connectivity index (χ3n) is 1.83. The van der Waals surface area contributed by atoms with Crippen LogP contribution in [-0.2, 0) is 0 Å². The van der Waals surface area contributed by atoms with Crippen LogP contribution in [0.3, 0.4) is 0 Å². The van der Waals surface area contributed by atoms with Gasteiger partial charge in [0.15, 0.2) is 5.82 Å². The third-order valence-corrected chi connectivity index (χ3v) is 1.83. The van der Waals surface area contributed by atoms with Gasteiger partial charge in [-0.25, -0.2) is 0 Å². The van der Waals surface area contributed by atoms with Crippen molar-refractivity contribution in [3.05, 3.63) is 30.6 Å². The highest BCUT2D eigenvalue weighted by atomic mass is 15.2. The van der Waals surface area contributed by atoms with Crippen molar-refractivity contribution < 1.29 is 0 Å². The summed E-state index contributed by atoms with van der Waals surface area (Å²) in [5.41, 5.74) is 12.9. The molecule has 0 fully saturated rings. The first-order chi connectivity index (χ1) is 6.77. The van der Waals surface area contributed by atoms with Crippen LogP contribution in [0.4, 0.5) is 11.6 Å². The Labute approximate surface area is 80.8 Å². The monoisotopic (exact) mass is 187 g/mol. The molecule has 4 N–H and O–H groups in total. The van der Waals surface area contributed by atoms with Crippen LogP contribution in [0.25, 0.3) is 11.1 Å². The van der Waals surface area contributed by atoms with Crippen LogP contribution in [0.1, 0.15) is 0 Å². The van der Waals surface area contributed by atoms with E-state index < -0.39 is 0 Å². The standard InChI is InChI=1S/C9H9N5/c10-8-5-7(9(11)14-13-8)6-1-3-12-4-2-6/h1-5H,(H2,10,13)(H2,11,14). The zero-order valence-electron chi connectivity index (χ0n) is 7.38. The molecule has 2 aromatic heterocycles. The van der Waals surface area contributed by atoms with Gasteiger partial charge >= 0.3 is 0 Å². The predicted octanol–water partition coefficient (Wildman–Crippen LogP) is 0.703. The molecule has 0 saturated carbocycles. The summed E-state index contributed by atoms with van der Waals surface area (Å²) in [5.74, 6) is 0.719. The van der Waals surface area contributed by atoms with Gasteiger partial charge in [-0.2, -0.15) is 0 Å². The number of nitrogens with zero attached hydrogens (tertiary/aromatic N) is 3. The van der Waals surface area contributed by atoms with Gasteiger partial charge in [-0.05, 0) is 23.8 Å². The van der Waals surface area contributed by atoms with E-state index in [1.807, 2.05) is 12.1 Å². The summed E-state index contributed by atoms with van der Waals surface area (Å²) in [6.07, 6.45) is 3.37. The van der Waals surface area contributed by atoms with E-state index in [2.05, 4.69) is 15.2 Å². The molecule has 70 valence electrons. The average molecular weight is 187 g/mol. The maximum atomic E-state index is 5.67. The van der Waals surface area contributed by atoms with Crippen LogP contribution >= 0.6 is 0 Å². The summed E-state index contributed by atoms with van der Waals surface area (Å²) in [5, 5.41) is 7.39. The van der Waals surface area contributed by atoms with Gasteiger partial charge in [0.2, 0.25) is 0 Å². The first-order valence-corrected chi connectivity index (χ1v) is 4.06. The van der Waals surface area contributed by atoms with Gasteiger partial charge in [-0.1, -0.05) is 0 Å². The van der Waals surface area contributed by atoms with Crippen LogP contribution in [0, 0.1) is 0 Å². The Hall–Kier alpha value is -2.17. The maximum absolute atomic E-state index is 5.67. The molecule has 0 bridgehead atoms. The molecule has 0 spiro atoms. The fourth-order valence-corrected chi connectivity index (χ4v) is 1.18. The fraction of sp³-hybridized carbons (Fsp3) is 0. The molecule has 5 nitrogen and oxygen atoms in total. The van der Waals surface area contributed by atoms with E-state index in [0.717, 1.165) is 11.1 Å². The quantitative estimate of drug-likeness (QED) is 0.685. The Morgan fingerprint density at radius 3 is 2.43 bits per heavy atom. The van der Waals surface area contributed by atoms with Crippen molar-refractivity contribution in [2.24, 2.45) is 0 Å². The minimum atomic E-state index is 0.353. The molecule has 0 aliphatic rings. The number of anilines is 2. The SMILES string of the molecule is Nc1cc(-c2ccncc2)c(N)nn1. The molecule has 2 heterocycles. The number of hydrogen-bond acceptors (Lipinski definition) is 5. The minimum Gasteiger partial charge on any atom is -0.382 e. The number of hydrogen-bond donors (Lipinski definition) is 2. The van der Waals surface area contributed by atoms with Gasteiger partial charge in [0, 0.05) is 18.0 Å². The molecular formula is C9H9N5. The zero-order chi connectivity index (χ0) is 9.97. The molecule has 0 atom stereocenters. The average Bonchev–Trinajstić information content (AvgIpc) is 2.23. The lowest BCUT2D eigenvalue weighted by Gasteiger charge is -2.03. The molecule has 5 heteroatoms. The smallest absolute Gasteiger partial charge is 0.154 e. The predicted molar refractivity (Wildman–Crippen MR) is 54.1 cm³/mol. The normalized spacial score (nSPS) is 10.0.